The highest BCUT2D eigenvalue weighted by atomic mass is 32.1. The summed E-state index contributed by atoms with van der Waals surface area (Å²) in [6.45, 7) is 1.65. The summed E-state index contributed by atoms with van der Waals surface area (Å²) in [5, 5.41) is 2.48. The fourth-order valence-corrected chi connectivity index (χ4v) is 3.96. The highest BCUT2D eigenvalue weighted by Crippen LogP contribution is 2.31. The molecule has 0 saturated carbocycles. The van der Waals surface area contributed by atoms with Crippen LogP contribution in [0.25, 0.3) is 6.08 Å². The maximum Gasteiger partial charge on any atom is 0.270 e. The zero-order chi connectivity index (χ0) is 21.3. The topological polar surface area (TPSA) is 61.9 Å². The lowest BCUT2D eigenvalue weighted by Gasteiger charge is -2.29. The van der Waals surface area contributed by atoms with Gasteiger partial charge in [0.05, 0.1) is 18.5 Å². The standard InChI is InChI=1S/C22H20FN3O3S/c1-29-19-7-3-2-6-18(19)26-21(28)15(20(27)24-22(26)30)12-14-8-9-17(16(23)13-14)25-10-4-5-11-25/h2-3,6-9,12-13H,4-5,10-11H2,1H3,(H,24,27,30)/b15-12+. The number of hydrogen-bond donors (Lipinski definition) is 1. The molecule has 154 valence electrons. The molecular weight excluding hydrogens is 405 g/mol. The van der Waals surface area contributed by atoms with E-state index in [9.17, 15) is 14.0 Å². The molecule has 0 radical (unpaired) electrons. The van der Waals surface area contributed by atoms with Crippen molar-refractivity contribution in [2.24, 2.45) is 0 Å². The van der Waals surface area contributed by atoms with E-state index in [4.69, 9.17) is 17.0 Å². The molecule has 0 aromatic heterocycles. The summed E-state index contributed by atoms with van der Waals surface area (Å²) in [7, 11) is 1.48. The number of halogens is 1. The number of amides is 2. The molecule has 0 aliphatic carbocycles. The van der Waals surface area contributed by atoms with E-state index < -0.39 is 11.8 Å². The number of carbonyl (C=O) groups is 2. The van der Waals surface area contributed by atoms with E-state index in [1.807, 2.05) is 4.90 Å². The first-order valence-electron chi connectivity index (χ1n) is 9.58. The molecule has 8 heteroatoms. The molecule has 2 heterocycles. The number of rotatable bonds is 4. The highest BCUT2D eigenvalue weighted by molar-refractivity contribution is 7.80. The molecule has 2 aliphatic rings. The Hall–Kier alpha value is -3.26. The van der Waals surface area contributed by atoms with Gasteiger partial charge in [0, 0.05) is 13.1 Å². The van der Waals surface area contributed by atoms with Gasteiger partial charge in [-0.25, -0.2) is 9.29 Å². The van der Waals surface area contributed by atoms with Crippen LogP contribution in [0.4, 0.5) is 15.8 Å². The first-order chi connectivity index (χ1) is 14.5. The Labute approximate surface area is 178 Å². The van der Waals surface area contributed by atoms with Gasteiger partial charge in [-0.1, -0.05) is 18.2 Å². The molecule has 0 unspecified atom stereocenters. The number of carbonyl (C=O) groups excluding carboxylic acids is 2. The zero-order valence-electron chi connectivity index (χ0n) is 16.4. The lowest BCUT2D eigenvalue weighted by molar-refractivity contribution is -0.122. The molecule has 2 aliphatic heterocycles. The van der Waals surface area contributed by atoms with Gasteiger partial charge in [-0.2, -0.15) is 0 Å². The first-order valence-corrected chi connectivity index (χ1v) is 9.99. The molecule has 0 spiro atoms. The predicted molar refractivity (Wildman–Crippen MR) is 117 cm³/mol. The van der Waals surface area contributed by atoms with Crippen molar-refractivity contribution >= 4 is 46.6 Å². The van der Waals surface area contributed by atoms with Crippen molar-refractivity contribution in [2.75, 3.05) is 30.0 Å². The maximum atomic E-state index is 14.6. The van der Waals surface area contributed by atoms with Crippen molar-refractivity contribution in [3.63, 3.8) is 0 Å². The maximum absolute atomic E-state index is 14.6. The van der Waals surface area contributed by atoms with Crippen LogP contribution < -0.4 is 19.9 Å². The van der Waals surface area contributed by atoms with Gasteiger partial charge in [0.1, 0.15) is 17.1 Å². The minimum Gasteiger partial charge on any atom is -0.495 e. The number of hydrogen-bond acceptors (Lipinski definition) is 5. The minimum absolute atomic E-state index is 0.0396. The van der Waals surface area contributed by atoms with Crippen molar-refractivity contribution in [1.82, 2.24) is 5.32 Å². The molecule has 6 nitrogen and oxygen atoms in total. The van der Waals surface area contributed by atoms with E-state index in [1.165, 1.54) is 24.2 Å². The lowest BCUT2D eigenvalue weighted by atomic mass is 10.1. The number of ether oxygens (including phenoxy) is 1. The van der Waals surface area contributed by atoms with Crippen LogP contribution in [0.2, 0.25) is 0 Å². The summed E-state index contributed by atoms with van der Waals surface area (Å²) in [6.07, 6.45) is 3.45. The Morgan fingerprint density at radius 2 is 1.83 bits per heavy atom. The molecule has 1 N–H and O–H groups in total. The molecule has 2 aromatic rings. The summed E-state index contributed by atoms with van der Waals surface area (Å²) in [5.74, 6) is -1.17. The summed E-state index contributed by atoms with van der Waals surface area (Å²) in [5.41, 5.74) is 1.23. The summed E-state index contributed by atoms with van der Waals surface area (Å²) >= 11 is 5.21. The normalized spacial score (nSPS) is 18.2. The lowest BCUT2D eigenvalue weighted by Crippen LogP contribution is -2.54. The monoisotopic (exact) mass is 425 g/mol. The fraction of sp³-hybridized carbons (Fsp3) is 0.227. The average Bonchev–Trinajstić information content (AvgIpc) is 3.26. The average molecular weight is 425 g/mol. The third-order valence-corrected chi connectivity index (χ3v) is 5.44. The van der Waals surface area contributed by atoms with Crippen LogP contribution in [0.5, 0.6) is 5.75 Å². The van der Waals surface area contributed by atoms with Gasteiger partial charge >= 0.3 is 0 Å². The number of para-hydroxylation sites is 2. The molecular formula is C22H20FN3O3S. The van der Waals surface area contributed by atoms with Crippen molar-refractivity contribution in [3.8, 4) is 5.75 Å². The van der Waals surface area contributed by atoms with E-state index in [2.05, 4.69) is 5.32 Å². The van der Waals surface area contributed by atoms with Gasteiger partial charge in [-0.3, -0.25) is 14.9 Å². The van der Waals surface area contributed by atoms with Crippen molar-refractivity contribution in [1.29, 1.82) is 0 Å². The minimum atomic E-state index is -0.625. The van der Waals surface area contributed by atoms with Crippen molar-refractivity contribution < 1.29 is 18.7 Å². The highest BCUT2D eigenvalue weighted by Gasteiger charge is 2.35. The summed E-state index contributed by atoms with van der Waals surface area (Å²) in [6, 6.07) is 11.6. The molecule has 30 heavy (non-hydrogen) atoms. The third kappa shape index (κ3) is 3.66. The second kappa shape index (κ2) is 8.23. The first kappa shape index (κ1) is 20.0. The van der Waals surface area contributed by atoms with Crippen LogP contribution in [0.15, 0.2) is 48.0 Å². The Morgan fingerprint density at radius 3 is 2.53 bits per heavy atom. The Morgan fingerprint density at radius 1 is 1.10 bits per heavy atom. The second-order valence-corrected chi connectivity index (χ2v) is 7.42. The number of nitrogens with one attached hydrogen (secondary N) is 1. The largest absolute Gasteiger partial charge is 0.495 e. The van der Waals surface area contributed by atoms with Crippen LogP contribution in [0.1, 0.15) is 18.4 Å². The molecule has 2 amide bonds. The van der Waals surface area contributed by atoms with Crippen LogP contribution in [0, 0.1) is 5.82 Å². The SMILES string of the molecule is COc1ccccc1N1C(=O)/C(=C/c2ccc(N3CCCC3)c(F)c2)C(=O)NC1=S. The molecule has 0 bridgehead atoms. The number of methoxy groups -OCH3 is 1. The van der Waals surface area contributed by atoms with Gasteiger partial charge in [-0.05, 0) is 61.0 Å². The summed E-state index contributed by atoms with van der Waals surface area (Å²) in [4.78, 5) is 28.8. The van der Waals surface area contributed by atoms with Gasteiger partial charge in [0.15, 0.2) is 5.11 Å². The van der Waals surface area contributed by atoms with E-state index >= 15 is 0 Å². The van der Waals surface area contributed by atoms with Gasteiger partial charge in [0.2, 0.25) is 0 Å². The second-order valence-electron chi connectivity index (χ2n) is 7.03. The van der Waals surface area contributed by atoms with E-state index in [0.717, 1.165) is 25.9 Å². The molecule has 2 saturated heterocycles. The van der Waals surface area contributed by atoms with Gasteiger partial charge < -0.3 is 9.64 Å². The van der Waals surface area contributed by atoms with Crippen LogP contribution >= 0.6 is 12.2 Å². The fourth-order valence-electron chi connectivity index (χ4n) is 3.68. The Bertz CT molecular complexity index is 1060. The van der Waals surface area contributed by atoms with Crippen molar-refractivity contribution in [3.05, 3.63) is 59.4 Å². The molecule has 2 fully saturated rings. The number of thiocarbonyl (C=S) groups is 1. The van der Waals surface area contributed by atoms with E-state index in [0.29, 0.717) is 22.7 Å². The van der Waals surface area contributed by atoms with Crippen LogP contribution in [0.3, 0.4) is 0 Å². The smallest absolute Gasteiger partial charge is 0.270 e. The Kier molecular flexibility index (Phi) is 5.50. The summed E-state index contributed by atoms with van der Waals surface area (Å²) < 4.78 is 20.0. The van der Waals surface area contributed by atoms with Crippen LogP contribution in [-0.2, 0) is 9.59 Å². The van der Waals surface area contributed by atoms with Gasteiger partial charge in [-0.15, -0.1) is 0 Å². The third-order valence-electron chi connectivity index (χ3n) is 5.16. The van der Waals surface area contributed by atoms with Crippen LogP contribution in [-0.4, -0.2) is 37.1 Å². The number of anilines is 2. The predicted octanol–water partition coefficient (Wildman–Crippen LogP) is 3.27. The molecule has 4 rings (SSSR count). The Balaban J connectivity index is 1.68. The van der Waals surface area contributed by atoms with E-state index in [1.54, 1.807) is 36.4 Å². The van der Waals surface area contributed by atoms with Crippen molar-refractivity contribution in [2.45, 2.75) is 12.8 Å². The van der Waals surface area contributed by atoms with Gasteiger partial charge in [0.25, 0.3) is 11.8 Å². The number of nitrogens with zero attached hydrogens (tertiary/aromatic N) is 2. The number of benzene rings is 2. The zero-order valence-corrected chi connectivity index (χ0v) is 17.2. The molecule has 2 aromatic carbocycles. The quantitative estimate of drug-likeness (QED) is 0.463. The molecule has 0 atom stereocenters. The van der Waals surface area contributed by atoms with E-state index in [-0.39, 0.29) is 16.5 Å².